The molecule has 206 valence electrons. The van der Waals surface area contributed by atoms with Crippen molar-refractivity contribution in [3.8, 4) is 11.5 Å². The number of nitrogens with one attached hydrogen (secondary N) is 2. The summed E-state index contributed by atoms with van der Waals surface area (Å²) in [5.41, 5.74) is 2.19. The summed E-state index contributed by atoms with van der Waals surface area (Å²) in [6, 6.07) is 15.9. The van der Waals surface area contributed by atoms with Crippen molar-refractivity contribution in [3.63, 3.8) is 0 Å². The van der Waals surface area contributed by atoms with Crippen LogP contribution in [0, 0.1) is 0 Å². The number of piperidine rings is 1. The van der Waals surface area contributed by atoms with Crippen molar-refractivity contribution in [3.05, 3.63) is 48.0 Å². The van der Waals surface area contributed by atoms with Gasteiger partial charge in [-0.05, 0) is 52.2 Å². The van der Waals surface area contributed by atoms with Crippen LogP contribution in [-0.4, -0.2) is 78.3 Å². The predicted octanol–water partition coefficient (Wildman–Crippen LogP) is 5.25. The smallest absolute Gasteiger partial charge is 0.225 e. The van der Waals surface area contributed by atoms with E-state index in [0.29, 0.717) is 35.6 Å². The molecule has 0 aliphatic carbocycles. The highest BCUT2D eigenvalue weighted by Crippen LogP contribution is 2.35. The maximum absolute atomic E-state index is 5.57. The summed E-state index contributed by atoms with van der Waals surface area (Å²) in [5.74, 6) is 2.80. The minimum Gasteiger partial charge on any atom is -0.493 e. The number of hydrogen-bond donors (Lipinski definition) is 2. The van der Waals surface area contributed by atoms with Gasteiger partial charge in [-0.3, -0.25) is 9.80 Å². The molecule has 0 bridgehead atoms. The zero-order valence-corrected chi connectivity index (χ0v) is 23.8. The molecule has 0 amide bonds. The molecular weight excluding hydrogens is 476 g/mol. The third kappa shape index (κ3) is 7.05. The standard InChI is InChI=1S/C30H44N6O2/c1-21(2)36(22(3)4)17-14-31-29-25-18-27(37-5)28(38-6)19-26(25)33-30(34-29)32-24-12-15-35(16-13-24)20-23-10-8-7-9-11-23/h7-11,18-19,21-22,24H,12-17,20H2,1-6H3,(H2,31,32,33,34). The second-order valence-electron chi connectivity index (χ2n) is 10.7. The average molecular weight is 521 g/mol. The van der Waals surface area contributed by atoms with Gasteiger partial charge in [0.1, 0.15) is 5.82 Å². The van der Waals surface area contributed by atoms with Crippen LogP contribution in [0.25, 0.3) is 10.9 Å². The fourth-order valence-corrected chi connectivity index (χ4v) is 5.33. The van der Waals surface area contributed by atoms with E-state index in [2.05, 4.69) is 78.5 Å². The number of rotatable bonds is 12. The van der Waals surface area contributed by atoms with Gasteiger partial charge in [0.05, 0.1) is 19.7 Å². The Labute approximate surface area is 227 Å². The van der Waals surface area contributed by atoms with E-state index in [0.717, 1.165) is 62.3 Å². The molecule has 1 aliphatic rings. The fraction of sp³-hybridized carbons (Fsp3) is 0.533. The molecule has 0 spiro atoms. The minimum absolute atomic E-state index is 0.338. The topological polar surface area (TPSA) is 74.8 Å². The van der Waals surface area contributed by atoms with Gasteiger partial charge in [-0.2, -0.15) is 4.98 Å². The molecule has 1 saturated heterocycles. The summed E-state index contributed by atoms with van der Waals surface area (Å²) in [6.45, 7) is 13.8. The van der Waals surface area contributed by atoms with Crippen LogP contribution < -0.4 is 20.1 Å². The van der Waals surface area contributed by atoms with Crippen molar-refractivity contribution in [1.29, 1.82) is 0 Å². The third-order valence-corrected chi connectivity index (χ3v) is 7.36. The number of benzene rings is 2. The minimum atomic E-state index is 0.338. The Hall–Kier alpha value is -3.10. The predicted molar refractivity (Wildman–Crippen MR) is 156 cm³/mol. The van der Waals surface area contributed by atoms with E-state index < -0.39 is 0 Å². The first-order chi connectivity index (χ1) is 18.4. The van der Waals surface area contributed by atoms with E-state index >= 15 is 0 Å². The number of hydrogen-bond acceptors (Lipinski definition) is 8. The van der Waals surface area contributed by atoms with Crippen molar-refractivity contribution in [2.75, 3.05) is 51.0 Å². The Kier molecular flexibility index (Phi) is 9.63. The Morgan fingerprint density at radius 2 is 1.61 bits per heavy atom. The van der Waals surface area contributed by atoms with Crippen LogP contribution in [0.3, 0.4) is 0 Å². The molecule has 8 heteroatoms. The van der Waals surface area contributed by atoms with E-state index in [9.17, 15) is 0 Å². The van der Waals surface area contributed by atoms with Crippen LogP contribution >= 0.6 is 0 Å². The summed E-state index contributed by atoms with van der Waals surface area (Å²) in [4.78, 5) is 14.8. The van der Waals surface area contributed by atoms with Gasteiger partial charge in [-0.25, -0.2) is 4.98 Å². The van der Waals surface area contributed by atoms with Crippen LogP contribution in [0.5, 0.6) is 11.5 Å². The zero-order chi connectivity index (χ0) is 27.1. The molecule has 0 saturated carbocycles. The van der Waals surface area contributed by atoms with Crippen molar-refractivity contribution >= 4 is 22.7 Å². The lowest BCUT2D eigenvalue weighted by Crippen LogP contribution is -2.40. The molecule has 1 aromatic heterocycles. The highest BCUT2D eigenvalue weighted by Gasteiger charge is 2.21. The van der Waals surface area contributed by atoms with Crippen molar-refractivity contribution < 1.29 is 9.47 Å². The van der Waals surface area contributed by atoms with E-state index in [1.54, 1.807) is 14.2 Å². The summed E-state index contributed by atoms with van der Waals surface area (Å²) in [5, 5.41) is 8.14. The highest BCUT2D eigenvalue weighted by atomic mass is 16.5. The fourth-order valence-electron chi connectivity index (χ4n) is 5.33. The second kappa shape index (κ2) is 13.1. The quantitative estimate of drug-likeness (QED) is 0.335. The molecule has 2 heterocycles. The van der Waals surface area contributed by atoms with Gasteiger partial charge in [-0.15, -0.1) is 0 Å². The number of ether oxygens (including phenoxy) is 2. The Bertz CT molecular complexity index is 1150. The number of aromatic nitrogens is 2. The number of methoxy groups -OCH3 is 2. The van der Waals surface area contributed by atoms with Gasteiger partial charge in [0.15, 0.2) is 11.5 Å². The van der Waals surface area contributed by atoms with Gasteiger partial charge < -0.3 is 20.1 Å². The van der Waals surface area contributed by atoms with Gasteiger partial charge in [0.2, 0.25) is 5.95 Å². The van der Waals surface area contributed by atoms with Gasteiger partial charge in [0.25, 0.3) is 0 Å². The molecule has 1 fully saturated rings. The summed E-state index contributed by atoms with van der Waals surface area (Å²) < 4.78 is 11.1. The molecule has 3 aromatic rings. The largest absolute Gasteiger partial charge is 0.493 e. The highest BCUT2D eigenvalue weighted by molar-refractivity contribution is 5.92. The maximum Gasteiger partial charge on any atom is 0.225 e. The van der Waals surface area contributed by atoms with Crippen LogP contribution in [-0.2, 0) is 6.54 Å². The molecule has 4 rings (SSSR count). The Balaban J connectivity index is 1.49. The first kappa shape index (κ1) is 27.9. The molecule has 2 aromatic carbocycles. The molecule has 2 N–H and O–H groups in total. The Morgan fingerprint density at radius 1 is 0.947 bits per heavy atom. The first-order valence-corrected chi connectivity index (χ1v) is 13.8. The van der Waals surface area contributed by atoms with Crippen LogP contribution in [0.1, 0.15) is 46.1 Å². The van der Waals surface area contributed by atoms with Crippen molar-refractivity contribution in [1.82, 2.24) is 19.8 Å². The molecule has 0 unspecified atom stereocenters. The first-order valence-electron chi connectivity index (χ1n) is 13.8. The van der Waals surface area contributed by atoms with E-state index in [1.807, 2.05) is 12.1 Å². The van der Waals surface area contributed by atoms with Gasteiger partial charge >= 0.3 is 0 Å². The summed E-state index contributed by atoms with van der Waals surface area (Å²) in [7, 11) is 3.31. The van der Waals surface area contributed by atoms with Crippen LogP contribution in [0.2, 0.25) is 0 Å². The lowest BCUT2D eigenvalue weighted by Gasteiger charge is -2.32. The monoisotopic (exact) mass is 520 g/mol. The maximum atomic E-state index is 5.57. The molecule has 1 aliphatic heterocycles. The number of nitrogens with zero attached hydrogens (tertiary/aromatic N) is 4. The Morgan fingerprint density at radius 3 is 2.24 bits per heavy atom. The molecule has 0 radical (unpaired) electrons. The number of fused-ring (bicyclic) bond motifs is 1. The van der Waals surface area contributed by atoms with Crippen LogP contribution in [0.4, 0.5) is 11.8 Å². The molecule has 0 atom stereocenters. The second-order valence-corrected chi connectivity index (χ2v) is 10.7. The normalized spacial score (nSPS) is 15.0. The molecule has 8 nitrogen and oxygen atoms in total. The van der Waals surface area contributed by atoms with Crippen molar-refractivity contribution in [2.45, 2.75) is 65.2 Å². The number of likely N-dealkylation sites (tertiary alicyclic amines) is 1. The van der Waals surface area contributed by atoms with E-state index in [-0.39, 0.29) is 0 Å². The summed E-state index contributed by atoms with van der Waals surface area (Å²) in [6.07, 6.45) is 2.11. The van der Waals surface area contributed by atoms with Gasteiger partial charge in [-0.1, -0.05) is 30.3 Å². The molecule has 38 heavy (non-hydrogen) atoms. The number of anilines is 2. The van der Waals surface area contributed by atoms with E-state index in [4.69, 9.17) is 19.4 Å². The zero-order valence-electron chi connectivity index (χ0n) is 23.8. The van der Waals surface area contributed by atoms with Crippen LogP contribution in [0.15, 0.2) is 42.5 Å². The van der Waals surface area contributed by atoms with Gasteiger partial charge in [0, 0.05) is 62.3 Å². The molecular formula is C30H44N6O2. The average Bonchev–Trinajstić information content (AvgIpc) is 2.91. The third-order valence-electron chi connectivity index (χ3n) is 7.36. The van der Waals surface area contributed by atoms with Crippen molar-refractivity contribution in [2.24, 2.45) is 0 Å². The lowest BCUT2D eigenvalue weighted by atomic mass is 10.0. The SMILES string of the molecule is COc1cc2nc(NC3CCN(Cc4ccccc4)CC3)nc(NCCN(C(C)C)C(C)C)c2cc1OC. The van der Waals surface area contributed by atoms with E-state index in [1.165, 1.54) is 5.56 Å². The lowest BCUT2D eigenvalue weighted by molar-refractivity contribution is 0.182. The summed E-state index contributed by atoms with van der Waals surface area (Å²) >= 11 is 0.